The Labute approximate surface area is 96.8 Å². The van der Waals surface area contributed by atoms with Gasteiger partial charge in [0.1, 0.15) is 0 Å². The second-order valence-corrected chi connectivity index (χ2v) is 4.22. The van der Waals surface area contributed by atoms with E-state index in [4.69, 9.17) is 11.6 Å². The molecule has 86 valence electrons. The van der Waals surface area contributed by atoms with E-state index < -0.39 is 0 Å². The van der Waals surface area contributed by atoms with Gasteiger partial charge in [-0.2, -0.15) is 5.10 Å². The summed E-state index contributed by atoms with van der Waals surface area (Å²) in [5.41, 5.74) is 1.12. The Balaban J connectivity index is 2.54. The lowest BCUT2D eigenvalue weighted by molar-refractivity contribution is 0.332. The molecule has 0 aliphatic rings. The Morgan fingerprint density at radius 2 is 2.13 bits per heavy atom. The van der Waals surface area contributed by atoms with Gasteiger partial charge in [-0.15, -0.1) is 11.6 Å². The summed E-state index contributed by atoms with van der Waals surface area (Å²) in [4.78, 5) is 0. The first-order valence-corrected chi connectivity index (χ1v) is 5.98. The van der Waals surface area contributed by atoms with Crippen LogP contribution >= 0.6 is 11.6 Å². The number of rotatable bonds is 6. The van der Waals surface area contributed by atoms with E-state index in [0.717, 1.165) is 25.1 Å². The van der Waals surface area contributed by atoms with E-state index in [1.807, 2.05) is 24.0 Å². The Kier molecular flexibility index (Phi) is 4.61. The van der Waals surface area contributed by atoms with Crippen LogP contribution in [0.1, 0.15) is 32.4 Å². The Morgan fingerprint density at radius 3 is 2.53 bits per heavy atom. The lowest BCUT2D eigenvalue weighted by Gasteiger charge is -2.30. The normalized spacial score (nSPS) is 12.0. The number of halogens is 1. The predicted octanol–water partition coefficient (Wildman–Crippen LogP) is 2.31. The minimum absolute atomic E-state index is 0.0546. The first-order valence-electron chi connectivity index (χ1n) is 5.45. The zero-order valence-electron chi connectivity index (χ0n) is 9.76. The predicted molar refractivity (Wildman–Crippen MR) is 64.1 cm³/mol. The summed E-state index contributed by atoms with van der Waals surface area (Å²) in [5, 5.41) is 7.83. The van der Waals surface area contributed by atoms with Gasteiger partial charge in [-0.05, 0) is 18.9 Å². The maximum absolute atomic E-state index is 6.01. The highest BCUT2D eigenvalue weighted by molar-refractivity contribution is 6.18. The number of hydrogen-bond donors (Lipinski definition) is 1. The van der Waals surface area contributed by atoms with Crippen LogP contribution in [0.2, 0.25) is 0 Å². The molecule has 1 N–H and O–H groups in total. The zero-order valence-corrected chi connectivity index (χ0v) is 10.5. The molecule has 0 aromatic carbocycles. The standard InChI is InChI=1S/C11H20ClN3/c1-4-11(5-2,9-12)13-8-10-6-7-15(3)14-10/h6-7,13H,4-5,8-9H2,1-3H3. The third-order valence-corrected chi connectivity index (χ3v) is 3.53. The molecular weight excluding hydrogens is 210 g/mol. The van der Waals surface area contributed by atoms with Crippen molar-refractivity contribution < 1.29 is 0 Å². The van der Waals surface area contributed by atoms with Crippen LogP contribution < -0.4 is 5.32 Å². The highest BCUT2D eigenvalue weighted by Gasteiger charge is 2.24. The summed E-state index contributed by atoms with van der Waals surface area (Å²) in [7, 11) is 1.93. The van der Waals surface area contributed by atoms with Crippen molar-refractivity contribution in [1.29, 1.82) is 0 Å². The molecule has 4 heteroatoms. The van der Waals surface area contributed by atoms with Crippen LogP contribution in [0.3, 0.4) is 0 Å². The first kappa shape index (κ1) is 12.5. The molecule has 1 aromatic heterocycles. The molecule has 0 radical (unpaired) electrons. The van der Waals surface area contributed by atoms with Crippen LogP contribution in [-0.2, 0) is 13.6 Å². The van der Waals surface area contributed by atoms with Crippen molar-refractivity contribution in [2.24, 2.45) is 7.05 Å². The summed E-state index contributed by atoms with van der Waals surface area (Å²) in [5.74, 6) is 0.646. The molecule has 1 heterocycles. The van der Waals surface area contributed by atoms with Gasteiger partial charge in [0.25, 0.3) is 0 Å². The minimum Gasteiger partial charge on any atom is -0.304 e. The molecule has 0 fully saturated rings. The van der Waals surface area contributed by atoms with Crippen molar-refractivity contribution in [3.05, 3.63) is 18.0 Å². The molecule has 0 saturated carbocycles. The molecule has 0 amide bonds. The molecular formula is C11H20ClN3. The fraction of sp³-hybridized carbons (Fsp3) is 0.727. The maximum atomic E-state index is 6.01. The second kappa shape index (κ2) is 5.52. The Bertz CT molecular complexity index is 284. The molecule has 1 aromatic rings. The number of aromatic nitrogens is 2. The maximum Gasteiger partial charge on any atom is 0.0762 e. The van der Waals surface area contributed by atoms with Gasteiger partial charge < -0.3 is 5.32 Å². The zero-order chi connectivity index (χ0) is 11.3. The lowest BCUT2D eigenvalue weighted by Crippen LogP contribution is -2.45. The van der Waals surface area contributed by atoms with Crippen LogP contribution in [0, 0.1) is 0 Å². The topological polar surface area (TPSA) is 29.9 Å². The third-order valence-electron chi connectivity index (χ3n) is 3.02. The summed E-state index contributed by atoms with van der Waals surface area (Å²) in [6.45, 7) is 5.11. The summed E-state index contributed by atoms with van der Waals surface area (Å²) in [6, 6.07) is 2.03. The fourth-order valence-electron chi connectivity index (χ4n) is 1.57. The quantitative estimate of drug-likeness (QED) is 0.759. The van der Waals surface area contributed by atoms with Gasteiger partial charge in [-0.3, -0.25) is 4.68 Å². The Hall–Kier alpha value is -0.540. The van der Waals surface area contributed by atoms with Crippen molar-refractivity contribution in [2.75, 3.05) is 5.88 Å². The van der Waals surface area contributed by atoms with Gasteiger partial charge in [0.2, 0.25) is 0 Å². The lowest BCUT2D eigenvalue weighted by atomic mass is 9.95. The summed E-state index contributed by atoms with van der Waals surface area (Å²) >= 11 is 6.01. The molecule has 3 nitrogen and oxygen atoms in total. The van der Waals surface area contributed by atoms with Gasteiger partial charge in [-0.1, -0.05) is 13.8 Å². The third kappa shape index (κ3) is 3.21. The van der Waals surface area contributed by atoms with Crippen LogP contribution in [-0.4, -0.2) is 21.2 Å². The van der Waals surface area contributed by atoms with Crippen LogP contribution in [0.25, 0.3) is 0 Å². The van der Waals surface area contributed by atoms with Crippen molar-refractivity contribution in [3.8, 4) is 0 Å². The minimum atomic E-state index is 0.0546. The number of nitrogens with one attached hydrogen (secondary N) is 1. The van der Waals surface area contributed by atoms with E-state index in [1.54, 1.807) is 0 Å². The Morgan fingerprint density at radius 1 is 1.47 bits per heavy atom. The summed E-state index contributed by atoms with van der Waals surface area (Å²) < 4.78 is 1.82. The van der Waals surface area contributed by atoms with E-state index in [9.17, 15) is 0 Å². The largest absolute Gasteiger partial charge is 0.304 e. The van der Waals surface area contributed by atoms with Crippen molar-refractivity contribution in [2.45, 2.75) is 38.8 Å². The van der Waals surface area contributed by atoms with Gasteiger partial charge in [0.15, 0.2) is 0 Å². The van der Waals surface area contributed by atoms with E-state index in [1.165, 1.54) is 0 Å². The van der Waals surface area contributed by atoms with Gasteiger partial charge >= 0.3 is 0 Å². The van der Waals surface area contributed by atoms with Crippen LogP contribution in [0.4, 0.5) is 0 Å². The molecule has 0 saturated heterocycles. The van der Waals surface area contributed by atoms with Gasteiger partial charge in [0, 0.05) is 31.2 Å². The number of aryl methyl sites for hydroxylation is 1. The van der Waals surface area contributed by atoms with Gasteiger partial charge in [0.05, 0.1) is 5.69 Å². The average Bonchev–Trinajstić information content (AvgIpc) is 2.67. The molecule has 0 aliphatic heterocycles. The van der Waals surface area contributed by atoms with E-state index in [2.05, 4.69) is 24.3 Å². The number of nitrogens with zero attached hydrogens (tertiary/aromatic N) is 2. The second-order valence-electron chi connectivity index (χ2n) is 3.96. The van der Waals surface area contributed by atoms with Crippen molar-refractivity contribution >= 4 is 11.6 Å². The molecule has 0 unspecified atom stereocenters. The molecule has 0 atom stereocenters. The molecule has 0 spiro atoms. The van der Waals surface area contributed by atoms with Crippen LogP contribution in [0.5, 0.6) is 0 Å². The van der Waals surface area contributed by atoms with E-state index in [0.29, 0.717) is 5.88 Å². The van der Waals surface area contributed by atoms with E-state index in [-0.39, 0.29) is 5.54 Å². The van der Waals surface area contributed by atoms with Crippen molar-refractivity contribution in [3.63, 3.8) is 0 Å². The molecule has 0 aliphatic carbocycles. The molecule has 15 heavy (non-hydrogen) atoms. The van der Waals surface area contributed by atoms with Crippen LogP contribution in [0.15, 0.2) is 12.3 Å². The fourth-order valence-corrected chi connectivity index (χ4v) is 2.04. The number of alkyl halides is 1. The highest BCUT2D eigenvalue weighted by atomic mass is 35.5. The number of hydrogen-bond acceptors (Lipinski definition) is 2. The monoisotopic (exact) mass is 229 g/mol. The van der Waals surface area contributed by atoms with Gasteiger partial charge in [-0.25, -0.2) is 0 Å². The highest BCUT2D eigenvalue weighted by Crippen LogP contribution is 2.17. The van der Waals surface area contributed by atoms with E-state index >= 15 is 0 Å². The SMILES string of the molecule is CCC(CC)(CCl)NCc1ccn(C)n1. The van der Waals surface area contributed by atoms with Crippen molar-refractivity contribution in [1.82, 2.24) is 15.1 Å². The molecule has 1 rings (SSSR count). The first-order chi connectivity index (χ1) is 7.15. The smallest absolute Gasteiger partial charge is 0.0762 e. The average molecular weight is 230 g/mol. The summed E-state index contributed by atoms with van der Waals surface area (Å²) in [6.07, 6.45) is 4.04. The molecule has 0 bridgehead atoms.